The zero-order valence-electron chi connectivity index (χ0n) is 10.9. The summed E-state index contributed by atoms with van der Waals surface area (Å²) in [4.78, 5) is 11.6. The Bertz CT molecular complexity index is 400. The summed E-state index contributed by atoms with van der Waals surface area (Å²) >= 11 is 0. The fourth-order valence-electron chi connectivity index (χ4n) is 1.99. The Labute approximate surface area is 113 Å². The van der Waals surface area contributed by atoms with Gasteiger partial charge in [-0.25, -0.2) is 0 Å². The first-order valence-corrected chi connectivity index (χ1v) is 6.55. The lowest BCUT2D eigenvalue weighted by atomic mass is 10.0. The molecule has 1 fully saturated rings. The Hall–Kier alpha value is -1.59. The Balaban J connectivity index is 1.65. The van der Waals surface area contributed by atoms with Crippen LogP contribution in [0.4, 0.5) is 11.4 Å². The molecule has 19 heavy (non-hydrogen) atoms. The second-order valence-electron chi connectivity index (χ2n) is 4.74. The van der Waals surface area contributed by atoms with Crippen molar-refractivity contribution in [1.82, 2.24) is 0 Å². The van der Waals surface area contributed by atoms with Crippen LogP contribution in [0.1, 0.15) is 12.8 Å². The Morgan fingerprint density at radius 1 is 1.32 bits per heavy atom. The number of benzene rings is 1. The van der Waals surface area contributed by atoms with Crippen molar-refractivity contribution in [3.8, 4) is 0 Å². The third-order valence-electron chi connectivity index (χ3n) is 3.12. The molecule has 3 N–H and O–H groups in total. The smallest absolute Gasteiger partial charge is 0.250 e. The Morgan fingerprint density at radius 3 is 2.68 bits per heavy atom. The summed E-state index contributed by atoms with van der Waals surface area (Å²) in [6.45, 7) is 2.30. The van der Waals surface area contributed by atoms with E-state index < -0.39 is 0 Å². The summed E-state index contributed by atoms with van der Waals surface area (Å²) in [6, 6.07) is 7.04. The number of ether oxygens (including phenoxy) is 2. The van der Waals surface area contributed by atoms with Gasteiger partial charge < -0.3 is 20.5 Å². The number of anilines is 2. The van der Waals surface area contributed by atoms with Crippen molar-refractivity contribution in [3.63, 3.8) is 0 Å². The van der Waals surface area contributed by atoms with E-state index in [0.717, 1.165) is 31.7 Å². The van der Waals surface area contributed by atoms with E-state index in [0.29, 0.717) is 18.2 Å². The molecule has 2 rings (SSSR count). The SMILES string of the molecule is Nc1ccc(NC(=O)COCC2CCOCC2)cc1. The molecule has 0 aromatic heterocycles. The molecule has 1 amide bonds. The highest BCUT2D eigenvalue weighted by Gasteiger charge is 2.14. The summed E-state index contributed by atoms with van der Waals surface area (Å²) in [5.74, 6) is 0.370. The lowest BCUT2D eigenvalue weighted by Crippen LogP contribution is -2.24. The van der Waals surface area contributed by atoms with Gasteiger partial charge in [0.1, 0.15) is 6.61 Å². The summed E-state index contributed by atoms with van der Waals surface area (Å²) in [5.41, 5.74) is 6.98. The van der Waals surface area contributed by atoms with Crippen LogP contribution in [-0.4, -0.2) is 32.3 Å². The molecule has 1 aromatic rings. The van der Waals surface area contributed by atoms with Crippen molar-refractivity contribution >= 4 is 17.3 Å². The van der Waals surface area contributed by atoms with Gasteiger partial charge in [-0.05, 0) is 43.0 Å². The Kier molecular flexibility index (Phi) is 5.18. The molecule has 0 bridgehead atoms. The van der Waals surface area contributed by atoms with Gasteiger partial charge in [0.05, 0.1) is 6.61 Å². The zero-order chi connectivity index (χ0) is 13.5. The fourth-order valence-corrected chi connectivity index (χ4v) is 1.99. The molecule has 0 radical (unpaired) electrons. The molecule has 0 saturated carbocycles. The van der Waals surface area contributed by atoms with Crippen molar-refractivity contribution in [2.75, 3.05) is 37.5 Å². The number of carbonyl (C=O) groups is 1. The molecule has 5 heteroatoms. The van der Waals surface area contributed by atoms with Crippen LogP contribution >= 0.6 is 0 Å². The van der Waals surface area contributed by atoms with Crippen LogP contribution in [0.3, 0.4) is 0 Å². The van der Waals surface area contributed by atoms with Gasteiger partial charge in [0.2, 0.25) is 5.91 Å². The molecule has 104 valence electrons. The number of nitrogens with two attached hydrogens (primary N) is 1. The van der Waals surface area contributed by atoms with Gasteiger partial charge in [0.25, 0.3) is 0 Å². The highest BCUT2D eigenvalue weighted by atomic mass is 16.5. The van der Waals surface area contributed by atoms with Crippen LogP contribution in [0, 0.1) is 5.92 Å². The Morgan fingerprint density at radius 2 is 2.00 bits per heavy atom. The second-order valence-corrected chi connectivity index (χ2v) is 4.74. The zero-order valence-corrected chi connectivity index (χ0v) is 10.9. The predicted molar refractivity (Wildman–Crippen MR) is 73.8 cm³/mol. The van der Waals surface area contributed by atoms with Gasteiger partial charge in [-0.1, -0.05) is 0 Å². The third-order valence-corrected chi connectivity index (χ3v) is 3.12. The second kappa shape index (κ2) is 7.11. The van der Waals surface area contributed by atoms with Crippen molar-refractivity contribution in [1.29, 1.82) is 0 Å². The van der Waals surface area contributed by atoms with Crippen LogP contribution in [0.2, 0.25) is 0 Å². The minimum Gasteiger partial charge on any atom is -0.399 e. The summed E-state index contributed by atoms with van der Waals surface area (Å²) in [7, 11) is 0. The standard InChI is InChI=1S/C14H20N2O3/c15-12-1-3-13(4-2-12)16-14(17)10-19-9-11-5-7-18-8-6-11/h1-4,11H,5-10,15H2,(H,16,17). The van der Waals surface area contributed by atoms with E-state index in [2.05, 4.69) is 5.32 Å². The van der Waals surface area contributed by atoms with Gasteiger partial charge in [-0.3, -0.25) is 4.79 Å². The largest absolute Gasteiger partial charge is 0.399 e. The first-order valence-electron chi connectivity index (χ1n) is 6.55. The number of nitrogens with one attached hydrogen (secondary N) is 1. The fraction of sp³-hybridized carbons (Fsp3) is 0.500. The molecule has 0 aliphatic carbocycles. The topological polar surface area (TPSA) is 73.6 Å². The van der Waals surface area contributed by atoms with Gasteiger partial charge >= 0.3 is 0 Å². The van der Waals surface area contributed by atoms with E-state index in [4.69, 9.17) is 15.2 Å². The molecule has 1 aromatic carbocycles. The minimum absolute atomic E-state index is 0.0851. The molecular formula is C14H20N2O3. The molecule has 5 nitrogen and oxygen atoms in total. The van der Waals surface area contributed by atoms with Crippen LogP contribution in [0.25, 0.3) is 0 Å². The van der Waals surface area contributed by atoms with Crippen molar-refractivity contribution in [2.24, 2.45) is 5.92 Å². The molecule has 1 aliphatic heterocycles. The first-order chi connectivity index (χ1) is 9.24. The minimum atomic E-state index is -0.142. The molecule has 0 atom stereocenters. The monoisotopic (exact) mass is 264 g/mol. The maximum atomic E-state index is 11.6. The maximum absolute atomic E-state index is 11.6. The van der Waals surface area contributed by atoms with E-state index in [9.17, 15) is 4.79 Å². The number of rotatable bonds is 5. The summed E-state index contributed by atoms with van der Waals surface area (Å²) in [6.07, 6.45) is 2.03. The van der Waals surface area contributed by atoms with Gasteiger partial charge in [-0.2, -0.15) is 0 Å². The van der Waals surface area contributed by atoms with Gasteiger partial charge in [-0.15, -0.1) is 0 Å². The van der Waals surface area contributed by atoms with E-state index in [1.165, 1.54) is 0 Å². The van der Waals surface area contributed by atoms with Crippen LogP contribution < -0.4 is 11.1 Å². The van der Waals surface area contributed by atoms with Crippen molar-refractivity contribution < 1.29 is 14.3 Å². The predicted octanol–water partition coefficient (Wildman–Crippen LogP) is 1.65. The van der Waals surface area contributed by atoms with Crippen LogP contribution in [0.5, 0.6) is 0 Å². The molecule has 0 unspecified atom stereocenters. The lowest BCUT2D eigenvalue weighted by Gasteiger charge is -2.21. The van der Waals surface area contributed by atoms with E-state index in [1.807, 2.05) is 0 Å². The number of hydrogen-bond acceptors (Lipinski definition) is 4. The summed E-state index contributed by atoms with van der Waals surface area (Å²) in [5, 5.41) is 2.76. The molecule has 0 spiro atoms. The number of hydrogen-bond donors (Lipinski definition) is 2. The lowest BCUT2D eigenvalue weighted by molar-refractivity contribution is -0.121. The highest BCUT2D eigenvalue weighted by molar-refractivity contribution is 5.91. The van der Waals surface area contributed by atoms with E-state index >= 15 is 0 Å². The molecule has 1 aliphatic rings. The van der Waals surface area contributed by atoms with Crippen LogP contribution in [-0.2, 0) is 14.3 Å². The van der Waals surface area contributed by atoms with E-state index in [1.54, 1.807) is 24.3 Å². The first kappa shape index (κ1) is 13.8. The van der Waals surface area contributed by atoms with Crippen molar-refractivity contribution in [2.45, 2.75) is 12.8 Å². The number of carbonyl (C=O) groups excluding carboxylic acids is 1. The van der Waals surface area contributed by atoms with Crippen LogP contribution in [0.15, 0.2) is 24.3 Å². The van der Waals surface area contributed by atoms with Gasteiger partial charge in [0.15, 0.2) is 0 Å². The number of nitrogen functional groups attached to an aromatic ring is 1. The normalized spacial score (nSPS) is 16.2. The third kappa shape index (κ3) is 4.89. The van der Waals surface area contributed by atoms with Gasteiger partial charge in [0, 0.05) is 24.6 Å². The molecule has 1 heterocycles. The average molecular weight is 264 g/mol. The van der Waals surface area contributed by atoms with E-state index in [-0.39, 0.29) is 12.5 Å². The maximum Gasteiger partial charge on any atom is 0.250 e. The molecular weight excluding hydrogens is 244 g/mol. The average Bonchev–Trinajstić information content (AvgIpc) is 2.43. The quantitative estimate of drug-likeness (QED) is 0.793. The number of amides is 1. The summed E-state index contributed by atoms with van der Waals surface area (Å²) < 4.78 is 10.7. The molecule has 1 saturated heterocycles. The highest BCUT2D eigenvalue weighted by Crippen LogP contribution is 2.15. The van der Waals surface area contributed by atoms with Crippen molar-refractivity contribution in [3.05, 3.63) is 24.3 Å².